The van der Waals surface area contributed by atoms with Gasteiger partial charge in [-0.1, -0.05) is 12.1 Å². The van der Waals surface area contributed by atoms with Crippen LogP contribution in [0.4, 0.5) is 0 Å². The van der Waals surface area contributed by atoms with Crippen molar-refractivity contribution < 1.29 is 14.4 Å². The maximum atomic E-state index is 13.0. The first-order valence-corrected chi connectivity index (χ1v) is 9.66. The number of benzene rings is 1. The van der Waals surface area contributed by atoms with Gasteiger partial charge in [0.15, 0.2) is 0 Å². The second kappa shape index (κ2) is 6.25. The van der Waals surface area contributed by atoms with Crippen LogP contribution in [-0.4, -0.2) is 55.7 Å². The molecule has 0 aliphatic carbocycles. The molecule has 0 N–H and O–H groups in total. The summed E-state index contributed by atoms with van der Waals surface area (Å²) in [6.45, 7) is 0.196. The molecule has 8 heteroatoms. The molecule has 5 rings (SSSR count). The third-order valence-corrected chi connectivity index (χ3v) is 6.11. The van der Waals surface area contributed by atoms with Gasteiger partial charge >= 0.3 is 0 Å². The van der Waals surface area contributed by atoms with Crippen LogP contribution in [0.2, 0.25) is 0 Å². The van der Waals surface area contributed by atoms with Crippen LogP contribution in [0.1, 0.15) is 31.5 Å². The van der Waals surface area contributed by atoms with Crippen molar-refractivity contribution in [1.29, 1.82) is 0 Å². The van der Waals surface area contributed by atoms with E-state index in [2.05, 4.69) is 4.98 Å². The van der Waals surface area contributed by atoms with E-state index in [9.17, 15) is 19.2 Å². The summed E-state index contributed by atoms with van der Waals surface area (Å²) in [6.07, 6.45) is 2.49. The van der Waals surface area contributed by atoms with Crippen molar-refractivity contribution >= 4 is 28.6 Å². The second-order valence-corrected chi connectivity index (χ2v) is 7.72. The number of carbonyl (C=O) groups excluding carboxylic acids is 3. The number of imide groups is 1. The second-order valence-electron chi connectivity index (χ2n) is 7.72. The van der Waals surface area contributed by atoms with Gasteiger partial charge in [0.05, 0.1) is 16.9 Å². The van der Waals surface area contributed by atoms with E-state index >= 15 is 0 Å². The van der Waals surface area contributed by atoms with E-state index in [0.717, 1.165) is 17.7 Å². The summed E-state index contributed by atoms with van der Waals surface area (Å²) in [5, 5.41) is 0.579. The molecule has 0 saturated carbocycles. The Bertz CT molecular complexity index is 1060. The van der Waals surface area contributed by atoms with E-state index in [1.807, 2.05) is 18.2 Å². The van der Waals surface area contributed by atoms with Crippen molar-refractivity contribution in [3.8, 4) is 0 Å². The van der Waals surface area contributed by atoms with E-state index in [1.54, 1.807) is 15.5 Å². The lowest BCUT2D eigenvalue weighted by Crippen LogP contribution is -2.48. The fraction of sp³-hybridized carbons (Fsp3) is 0.450. The van der Waals surface area contributed by atoms with Crippen molar-refractivity contribution in [3.05, 3.63) is 40.4 Å². The van der Waals surface area contributed by atoms with E-state index in [-0.39, 0.29) is 54.8 Å². The van der Waals surface area contributed by atoms with Gasteiger partial charge in [0.25, 0.3) is 5.56 Å². The van der Waals surface area contributed by atoms with Crippen LogP contribution in [0.3, 0.4) is 0 Å². The SMILES string of the molecule is O=C1CCC(=O)N1CC(=O)N1C2CCC1Cn1c(nc3ccccc3c1=O)C2. The Hall–Kier alpha value is -3.03. The number of aromatic nitrogens is 2. The molecule has 1 aromatic heterocycles. The molecule has 3 aliphatic rings. The normalized spacial score (nSPS) is 24.0. The van der Waals surface area contributed by atoms with Crippen molar-refractivity contribution in [3.63, 3.8) is 0 Å². The maximum absolute atomic E-state index is 13.0. The van der Waals surface area contributed by atoms with Gasteiger partial charge in [-0.05, 0) is 25.0 Å². The zero-order valence-electron chi connectivity index (χ0n) is 15.3. The zero-order chi connectivity index (χ0) is 19.4. The van der Waals surface area contributed by atoms with Crippen molar-refractivity contribution in [2.24, 2.45) is 0 Å². The van der Waals surface area contributed by atoms with Gasteiger partial charge < -0.3 is 4.90 Å². The minimum Gasteiger partial charge on any atom is -0.333 e. The Morgan fingerprint density at radius 3 is 2.54 bits per heavy atom. The molecule has 8 nitrogen and oxygen atoms in total. The number of hydrogen-bond donors (Lipinski definition) is 0. The molecule has 1 aromatic carbocycles. The summed E-state index contributed by atoms with van der Waals surface area (Å²) in [5.41, 5.74) is 0.591. The fourth-order valence-corrected chi connectivity index (χ4v) is 4.74. The average molecular weight is 380 g/mol. The lowest BCUT2D eigenvalue weighted by molar-refractivity contribution is -0.146. The third kappa shape index (κ3) is 2.55. The summed E-state index contributed by atoms with van der Waals surface area (Å²) in [4.78, 5) is 57.3. The molecule has 4 heterocycles. The van der Waals surface area contributed by atoms with Crippen molar-refractivity contribution in [2.75, 3.05) is 6.54 Å². The van der Waals surface area contributed by atoms with Gasteiger partial charge in [-0.25, -0.2) is 4.98 Å². The molecule has 3 aliphatic heterocycles. The van der Waals surface area contributed by atoms with E-state index in [0.29, 0.717) is 29.7 Å². The van der Waals surface area contributed by atoms with Crippen LogP contribution in [0.5, 0.6) is 0 Å². The van der Waals surface area contributed by atoms with E-state index in [4.69, 9.17) is 0 Å². The van der Waals surface area contributed by atoms with E-state index < -0.39 is 0 Å². The number of rotatable bonds is 2. The Kier molecular flexibility index (Phi) is 3.82. The first kappa shape index (κ1) is 17.1. The molecule has 0 spiro atoms. The van der Waals surface area contributed by atoms with Crippen molar-refractivity contribution in [2.45, 2.75) is 50.7 Å². The standard InChI is InChI=1S/C20H20N4O4/c25-17-7-8-18(26)23(17)11-19(27)24-12-5-6-13(24)10-22-16(9-12)21-15-4-2-1-3-14(15)20(22)28/h1-4,12-13H,5-11H2. The molecular formula is C20H20N4O4. The Balaban J connectivity index is 1.47. The van der Waals surface area contributed by atoms with Gasteiger partial charge in [-0.2, -0.15) is 0 Å². The molecule has 2 aromatic rings. The first-order valence-electron chi connectivity index (χ1n) is 9.66. The number of carbonyl (C=O) groups is 3. The molecule has 3 amide bonds. The molecular weight excluding hydrogens is 360 g/mol. The van der Waals surface area contributed by atoms with Gasteiger partial charge in [-0.3, -0.25) is 28.6 Å². The number of likely N-dealkylation sites (tertiary alicyclic amines) is 1. The highest BCUT2D eigenvalue weighted by Gasteiger charge is 2.42. The topological polar surface area (TPSA) is 92.6 Å². The molecule has 2 saturated heterocycles. The van der Waals surface area contributed by atoms with Crippen LogP contribution in [0.15, 0.2) is 29.1 Å². The van der Waals surface area contributed by atoms with E-state index in [1.165, 1.54) is 0 Å². The number of fused-ring (bicyclic) bond motifs is 4. The number of nitrogens with zero attached hydrogens (tertiary/aromatic N) is 4. The smallest absolute Gasteiger partial charge is 0.261 e. The molecule has 144 valence electrons. The van der Waals surface area contributed by atoms with Gasteiger partial charge in [0.2, 0.25) is 17.7 Å². The molecule has 28 heavy (non-hydrogen) atoms. The molecule has 2 atom stereocenters. The highest BCUT2D eigenvalue weighted by Crippen LogP contribution is 2.31. The Morgan fingerprint density at radius 1 is 1.04 bits per heavy atom. The van der Waals surface area contributed by atoms with Gasteiger partial charge in [0, 0.05) is 31.8 Å². The zero-order valence-corrected chi connectivity index (χ0v) is 15.3. The molecule has 2 bridgehead atoms. The van der Waals surface area contributed by atoms with Gasteiger partial charge in [-0.15, -0.1) is 0 Å². The molecule has 2 unspecified atom stereocenters. The number of para-hydroxylation sites is 1. The van der Waals surface area contributed by atoms with Crippen LogP contribution >= 0.6 is 0 Å². The number of amides is 3. The van der Waals surface area contributed by atoms with Crippen LogP contribution in [-0.2, 0) is 27.3 Å². The summed E-state index contributed by atoms with van der Waals surface area (Å²) < 4.78 is 1.69. The molecule has 0 radical (unpaired) electrons. The summed E-state index contributed by atoms with van der Waals surface area (Å²) >= 11 is 0. The predicted molar refractivity (Wildman–Crippen MR) is 99.3 cm³/mol. The Morgan fingerprint density at radius 2 is 1.75 bits per heavy atom. The van der Waals surface area contributed by atoms with Crippen LogP contribution in [0, 0.1) is 0 Å². The quantitative estimate of drug-likeness (QED) is 0.706. The monoisotopic (exact) mass is 380 g/mol. The average Bonchev–Trinajstić information content (AvgIpc) is 3.16. The Labute approximate surface area is 160 Å². The van der Waals surface area contributed by atoms with Crippen LogP contribution < -0.4 is 5.56 Å². The first-order chi connectivity index (χ1) is 13.5. The highest BCUT2D eigenvalue weighted by atomic mass is 16.2. The summed E-state index contributed by atoms with van der Waals surface area (Å²) in [7, 11) is 0. The fourth-order valence-electron chi connectivity index (χ4n) is 4.74. The predicted octanol–water partition coefficient (Wildman–Crippen LogP) is 0.461. The highest BCUT2D eigenvalue weighted by molar-refractivity contribution is 6.04. The van der Waals surface area contributed by atoms with Crippen molar-refractivity contribution in [1.82, 2.24) is 19.4 Å². The number of hydrogen-bond acceptors (Lipinski definition) is 5. The minimum absolute atomic E-state index is 0.0629. The lowest BCUT2D eigenvalue weighted by Gasteiger charge is -2.29. The van der Waals surface area contributed by atoms with Gasteiger partial charge in [0.1, 0.15) is 12.4 Å². The third-order valence-electron chi connectivity index (χ3n) is 6.11. The van der Waals surface area contributed by atoms with Crippen LogP contribution in [0.25, 0.3) is 10.9 Å². The molecule has 2 fully saturated rings. The summed E-state index contributed by atoms with van der Waals surface area (Å²) in [6, 6.07) is 7.10. The summed E-state index contributed by atoms with van der Waals surface area (Å²) in [5.74, 6) is -0.0931. The minimum atomic E-state index is -0.284. The maximum Gasteiger partial charge on any atom is 0.261 e. The largest absolute Gasteiger partial charge is 0.333 e. The lowest BCUT2D eigenvalue weighted by atomic mass is 10.1.